The molecule has 0 heterocycles. The summed E-state index contributed by atoms with van der Waals surface area (Å²) in [4.78, 5) is 0. The number of hydrogen-bond acceptors (Lipinski definition) is 3. The zero-order chi connectivity index (χ0) is 8.69. The second kappa shape index (κ2) is 5.73. The zero-order valence-electron chi connectivity index (χ0n) is 6.80. The number of hydrogen-bond donors (Lipinski definition) is 3. The normalized spacial score (nSPS) is 11.5. The highest BCUT2D eigenvalue weighted by molar-refractivity contribution is 5.79. The predicted molar refractivity (Wildman–Crippen MR) is 45.7 cm³/mol. The summed E-state index contributed by atoms with van der Waals surface area (Å²) in [5.41, 5.74) is 6.30. The van der Waals surface area contributed by atoms with Gasteiger partial charge in [0.15, 0.2) is 0 Å². The standard InChI is InChI=1S/C7H15N3O/c1-6(2)5-9-4-3-7(8)10-11/h9,11H,1,3-5H2,2H3,(H2,8,10). The van der Waals surface area contributed by atoms with Gasteiger partial charge < -0.3 is 16.3 Å². The Bertz CT molecular complexity index is 154. The minimum atomic E-state index is 0.249. The van der Waals surface area contributed by atoms with E-state index in [1.807, 2.05) is 6.92 Å². The molecule has 0 bridgehead atoms. The summed E-state index contributed by atoms with van der Waals surface area (Å²) >= 11 is 0. The minimum absolute atomic E-state index is 0.249. The first kappa shape index (κ1) is 9.97. The molecule has 11 heavy (non-hydrogen) atoms. The van der Waals surface area contributed by atoms with Crippen molar-refractivity contribution in [3.63, 3.8) is 0 Å². The predicted octanol–water partition coefficient (Wildman–Crippen LogP) is 0.289. The Morgan fingerprint density at radius 1 is 1.73 bits per heavy atom. The fourth-order valence-corrected chi connectivity index (χ4v) is 0.568. The largest absolute Gasteiger partial charge is 0.409 e. The van der Waals surface area contributed by atoms with Gasteiger partial charge in [-0.15, -0.1) is 0 Å². The topological polar surface area (TPSA) is 70.6 Å². The van der Waals surface area contributed by atoms with E-state index in [-0.39, 0.29) is 5.84 Å². The molecule has 0 radical (unpaired) electrons. The average molecular weight is 157 g/mol. The Labute approximate surface area is 66.8 Å². The monoisotopic (exact) mass is 157 g/mol. The van der Waals surface area contributed by atoms with Crippen LogP contribution in [0.1, 0.15) is 13.3 Å². The molecular formula is C7H15N3O. The van der Waals surface area contributed by atoms with E-state index in [1.165, 1.54) is 0 Å². The molecule has 4 nitrogen and oxygen atoms in total. The number of amidine groups is 1. The molecule has 0 saturated carbocycles. The van der Waals surface area contributed by atoms with Crippen molar-refractivity contribution in [3.05, 3.63) is 12.2 Å². The van der Waals surface area contributed by atoms with Crippen LogP contribution in [0.3, 0.4) is 0 Å². The molecule has 0 fully saturated rings. The van der Waals surface area contributed by atoms with Gasteiger partial charge in [0.25, 0.3) is 0 Å². The van der Waals surface area contributed by atoms with E-state index in [1.54, 1.807) is 0 Å². The van der Waals surface area contributed by atoms with Crippen molar-refractivity contribution in [2.24, 2.45) is 10.9 Å². The quantitative estimate of drug-likeness (QED) is 0.134. The van der Waals surface area contributed by atoms with Crippen LogP contribution in [0.25, 0.3) is 0 Å². The van der Waals surface area contributed by atoms with Crippen molar-refractivity contribution in [1.29, 1.82) is 0 Å². The number of nitrogens with two attached hydrogens (primary N) is 1. The molecule has 0 rings (SSSR count). The molecule has 0 saturated heterocycles. The zero-order valence-corrected chi connectivity index (χ0v) is 6.80. The highest BCUT2D eigenvalue weighted by Gasteiger charge is 1.91. The summed E-state index contributed by atoms with van der Waals surface area (Å²) in [7, 11) is 0. The first-order valence-electron chi connectivity index (χ1n) is 3.48. The van der Waals surface area contributed by atoms with Gasteiger partial charge in [-0.05, 0) is 6.92 Å². The molecule has 4 N–H and O–H groups in total. The van der Waals surface area contributed by atoms with Crippen molar-refractivity contribution in [2.75, 3.05) is 13.1 Å². The van der Waals surface area contributed by atoms with E-state index < -0.39 is 0 Å². The lowest BCUT2D eigenvalue weighted by molar-refractivity contribution is 0.316. The maximum Gasteiger partial charge on any atom is 0.140 e. The van der Waals surface area contributed by atoms with Gasteiger partial charge in [-0.1, -0.05) is 17.3 Å². The van der Waals surface area contributed by atoms with Gasteiger partial charge in [-0.25, -0.2) is 0 Å². The third kappa shape index (κ3) is 6.86. The summed E-state index contributed by atoms with van der Waals surface area (Å²) in [6, 6.07) is 0. The molecule has 0 aliphatic carbocycles. The third-order valence-electron chi connectivity index (χ3n) is 1.11. The number of nitrogens with one attached hydrogen (secondary N) is 1. The molecule has 0 amide bonds. The lowest BCUT2D eigenvalue weighted by atomic mass is 10.3. The first-order chi connectivity index (χ1) is 5.16. The lowest BCUT2D eigenvalue weighted by Gasteiger charge is -2.01. The van der Waals surface area contributed by atoms with E-state index in [0.717, 1.165) is 12.1 Å². The summed E-state index contributed by atoms with van der Waals surface area (Å²) in [5.74, 6) is 0.249. The fourth-order valence-electron chi connectivity index (χ4n) is 0.568. The molecule has 0 atom stereocenters. The Hall–Kier alpha value is -1.03. The van der Waals surface area contributed by atoms with Gasteiger partial charge in [0.05, 0.1) is 0 Å². The summed E-state index contributed by atoms with van der Waals surface area (Å²) in [6.07, 6.45) is 0.559. The van der Waals surface area contributed by atoms with Crippen LogP contribution in [-0.4, -0.2) is 24.1 Å². The second-order valence-electron chi connectivity index (χ2n) is 2.48. The van der Waals surface area contributed by atoms with E-state index >= 15 is 0 Å². The van der Waals surface area contributed by atoms with Crippen molar-refractivity contribution < 1.29 is 5.21 Å². The molecular weight excluding hydrogens is 142 g/mol. The van der Waals surface area contributed by atoms with Crippen LogP contribution in [0.4, 0.5) is 0 Å². The van der Waals surface area contributed by atoms with Crippen LogP contribution in [0.5, 0.6) is 0 Å². The van der Waals surface area contributed by atoms with Crippen LogP contribution in [-0.2, 0) is 0 Å². The maximum atomic E-state index is 8.16. The van der Waals surface area contributed by atoms with Gasteiger partial charge in [0, 0.05) is 19.5 Å². The smallest absolute Gasteiger partial charge is 0.140 e. The molecule has 0 aromatic heterocycles. The van der Waals surface area contributed by atoms with Gasteiger partial charge in [0.2, 0.25) is 0 Å². The average Bonchev–Trinajstić information content (AvgIpc) is 1.97. The van der Waals surface area contributed by atoms with Crippen molar-refractivity contribution in [3.8, 4) is 0 Å². The van der Waals surface area contributed by atoms with Crippen LogP contribution < -0.4 is 11.1 Å². The maximum absolute atomic E-state index is 8.16. The molecule has 64 valence electrons. The molecule has 0 spiro atoms. The number of nitrogens with zero attached hydrogens (tertiary/aromatic N) is 1. The first-order valence-corrected chi connectivity index (χ1v) is 3.48. The highest BCUT2D eigenvalue weighted by atomic mass is 16.4. The van der Waals surface area contributed by atoms with Gasteiger partial charge in [0.1, 0.15) is 5.84 Å². The van der Waals surface area contributed by atoms with E-state index in [0.29, 0.717) is 13.0 Å². The van der Waals surface area contributed by atoms with Crippen molar-refractivity contribution in [2.45, 2.75) is 13.3 Å². The van der Waals surface area contributed by atoms with Gasteiger partial charge in [-0.2, -0.15) is 0 Å². The van der Waals surface area contributed by atoms with Crippen molar-refractivity contribution in [1.82, 2.24) is 5.32 Å². The Morgan fingerprint density at radius 2 is 2.36 bits per heavy atom. The van der Waals surface area contributed by atoms with Gasteiger partial charge >= 0.3 is 0 Å². The Balaban J connectivity index is 3.21. The molecule has 4 heteroatoms. The van der Waals surface area contributed by atoms with Crippen LogP contribution >= 0.6 is 0 Å². The Morgan fingerprint density at radius 3 is 2.82 bits per heavy atom. The molecule has 0 aromatic rings. The van der Waals surface area contributed by atoms with Crippen molar-refractivity contribution >= 4 is 5.84 Å². The summed E-state index contributed by atoms with van der Waals surface area (Å²) < 4.78 is 0. The molecule has 0 aromatic carbocycles. The van der Waals surface area contributed by atoms with Crippen LogP contribution in [0.15, 0.2) is 17.3 Å². The fraction of sp³-hybridized carbons (Fsp3) is 0.571. The molecule has 0 aliphatic rings. The number of rotatable bonds is 5. The Kier molecular flexibility index (Phi) is 5.20. The van der Waals surface area contributed by atoms with E-state index in [4.69, 9.17) is 10.9 Å². The SMILES string of the molecule is C=C(C)CNCCC(N)=NO. The third-order valence-corrected chi connectivity index (χ3v) is 1.11. The second-order valence-corrected chi connectivity index (χ2v) is 2.48. The van der Waals surface area contributed by atoms with Crippen LogP contribution in [0, 0.1) is 0 Å². The van der Waals surface area contributed by atoms with E-state index in [9.17, 15) is 0 Å². The molecule has 0 aliphatic heterocycles. The number of oxime groups is 1. The summed E-state index contributed by atoms with van der Waals surface area (Å²) in [6.45, 7) is 7.15. The lowest BCUT2D eigenvalue weighted by Crippen LogP contribution is -2.23. The summed E-state index contributed by atoms with van der Waals surface area (Å²) in [5, 5.41) is 14.1. The minimum Gasteiger partial charge on any atom is -0.409 e. The van der Waals surface area contributed by atoms with Gasteiger partial charge in [-0.3, -0.25) is 0 Å². The van der Waals surface area contributed by atoms with Crippen LogP contribution in [0.2, 0.25) is 0 Å². The highest BCUT2D eigenvalue weighted by Crippen LogP contribution is 1.82. The van der Waals surface area contributed by atoms with E-state index in [2.05, 4.69) is 17.1 Å². The molecule has 0 unspecified atom stereocenters.